The van der Waals surface area contributed by atoms with Crippen LogP contribution in [0.15, 0.2) is 79.0 Å². The minimum Gasteiger partial charge on any atom is -0.376 e. The van der Waals surface area contributed by atoms with Crippen molar-refractivity contribution in [1.82, 2.24) is 15.2 Å². The number of nitrogens with one attached hydrogen (secondary N) is 1. The molecule has 0 spiro atoms. The maximum Gasteiger partial charge on any atom is 0.273 e. The van der Waals surface area contributed by atoms with Crippen molar-refractivity contribution in [3.8, 4) is 0 Å². The van der Waals surface area contributed by atoms with Crippen molar-refractivity contribution in [3.05, 3.63) is 101 Å². The highest BCUT2D eigenvalue weighted by Gasteiger charge is 2.35. The smallest absolute Gasteiger partial charge is 0.273 e. The van der Waals surface area contributed by atoms with E-state index in [1.165, 1.54) is 0 Å². The molecule has 1 aromatic heterocycles. The molecule has 0 bridgehead atoms. The molecule has 3 aromatic rings. The van der Waals surface area contributed by atoms with Gasteiger partial charge >= 0.3 is 0 Å². The molecule has 6 heteroatoms. The zero-order valence-corrected chi connectivity index (χ0v) is 18.8. The number of pyridine rings is 1. The molecule has 4 rings (SSSR count). The van der Waals surface area contributed by atoms with Crippen molar-refractivity contribution in [2.24, 2.45) is 0 Å². The number of ether oxygens (including phenoxy) is 1. The molecule has 33 heavy (non-hydrogen) atoms. The van der Waals surface area contributed by atoms with Crippen molar-refractivity contribution in [3.63, 3.8) is 0 Å². The zero-order chi connectivity index (χ0) is 23.0. The van der Waals surface area contributed by atoms with Crippen molar-refractivity contribution >= 4 is 11.8 Å². The lowest BCUT2D eigenvalue weighted by molar-refractivity contribution is -0.126. The van der Waals surface area contributed by atoms with Gasteiger partial charge in [0, 0.05) is 25.9 Å². The average molecular weight is 444 g/mol. The van der Waals surface area contributed by atoms with Gasteiger partial charge in [0.25, 0.3) is 5.91 Å². The number of benzene rings is 2. The van der Waals surface area contributed by atoms with Crippen LogP contribution < -0.4 is 5.32 Å². The molecule has 1 saturated heterocycles. The van der Waals surface area contributed by atoms with Gasteiger partial charge in [-0.05, 0) is 48.6 Å². The molecule has 0 radical (unpaired) electrons. The van der Waals surface area contributed by atoms with Gasteiger partial charge in [-0.25, -0.2) is 0 Å². The van der Waals surface area contributed by atoms with Crippen LogP contribution in [0.2, 0.25) is 0 Å². The van der Waals surface area contributed by atoms with Crippen molar-refractivity contribution in [1.29, 1.82) is 0 Å². The van der Waals surface area contributed by atoms with Gasteiger partial charge in [0.2, 0.25) is 5.91 Å². The predicted octanol–water partition coefficient (Wildman–Crippen LogP) is 4.07. The first-order chi connectivity index (χ1) is 16.1. The Morgan fingerprint density at radius 1 is 1.06 bits per heavy atom. The lowest BCUT2D eigenvalue weighted by atomic mass is 9.97. The Balaban J connectivity index is 1.69. The topological polar surface area (TPSA) is 71.5 Å². The van der Waals surface area contributed by atoms with E-state index in [9.17, 15) is 9.59 Å². The first-order valence-corrected chi connectivity index (χ1v) is 11.3. The largest absolute Gasteiger partial charge is 0.376 e. The van der Waals surface area contributed by atoms with E-state index in [4.69, 9.17) is 4.74 Å². The van der Waals surface area contributed by atoms with E-state index < -0.39 is 6.04 Å². The van der Waals surface area contributed by atoms with Gasteiger partial charge in [0.1, 0.15) is 11.7 Å². The average Bonchev–Trinajstić information content (AvgIpc) is 3.37. The fraction of sp³-hybridized carbons (Fsp3) is 0.296. The maximum atomic E-state index is 13.7. The van der Waals surface area contributed by atoms with Crippen molar-refractivity contribution in [2.75, 3.05) is 13.2 Å². The molecular formula is C27H29N3O3. The van der Waals surface area contributed by atoms with E-state index in [-0.39, 0.29) is 17.9 Å². The minimum absolute atomic E-state index is 0.105. The third kappa shape index (κ3) is 5.65. The molecule has 2 heterocycles. The highest BCUT2D eigenvalue weighted by atomic mass is 16.5. The summed E-state index contributed by atoms with van der Waals surface area (Å²) in [6, 6.07) is 21.9. The molecule has 170 valence electrons. The van der Waals surface area contributed by atoms with E-state index in [0.29, 0.717) is 25.4 Å². The molecular weight excluding hydrogens is 414 g/mol. The van der Waals surface area contributed by atoms with Crippen molar-refractivity contribution in [2.45, 2.75) is 38.5 Å². The van der Waals surface area contributed by atoms with Crippen LogP contribution in [0.5, 0.6) is 0 Å². The molecule has 2 aromatic carbocycles. The van der Waals surface area contributed by atoms with Crippen molar-refractivity contribution < 1.29 is 14.3 Å². The Kier molecular flexibility index (Phi) is 7.47. The van der Waals surface area contributed by atoms with Gasteiger partial charge in [0.05, 0.1) is 6.10 Å². The lowest BCUT2D eigenvalue weighted by Crippen LogP contribution is -2.47. The SMILES string of the molecule is Cc1ccccc1C(C(=O)NCc1ccccc1)N(CC1CCCO1)C(=O)c1ccccn1. The molecule has 6 nitrogen and oxygen atoms in total. The second-order valence-corrected chi connectivity index (χ2v) is 8.27. The number of aromatic nitrogens is 1. The molecule has 2 atom stereocenters. The second-order valence-electron chi connectivity index (χ2n) is 8.27. The first kappa shape index (κ1) is 22.7. The van der Waals surface area contributed by atoms with Crippen LogP contribution in [0.4, 0.5) is 0 Å². The summed E-state index contributed by atoms with van der Waals surface area (Å²) < 4.78 is 5.85. The minimum atomic E-state index is -0.798. The molecule has 1 fully saturated rings. The number of hydrogen-bond acceptors (Lipinski definition) is 4. The molecule has 2 amide bonds. The monoisotopic (exact) mass is 443 g/mol. The summed E-state index contributed by atoms with van der Waals surface area (Å²) in [6.45, 7) is 3.34. The summed E-state index contributed by atoms with van der Waals surface area (Å²) in [7, 11) is 0. The maximum absolute atomic E-state index is 13.7. The number of carbonyl (C=O) groups excluding carboxylic acids is 2. The van der Waals surface area contributed by atoms with Gasteiger partial charge in [-0.15, -0.1) is 0 Å². The summed E-state index contributed by atoms with van der Waals surface area (Å²) in [4.78, 5) is 33.2. The van der Waals surface area contributed by atoms with Crippen LogP contribution in [-0.4, -0.2) is 41.0 Å². The summed E-state index contributed by atoms with van der Waals surface area (Å²) in [5.41, 5.74) is 3.05. The van der Waals surface area contributed by atoms with Gasteiger partial charge in [-0.2, -0.15) is 0 Å². The highest BCUT2D eigenvalue weighted by Crippen LogP contribution is 2.28. The van der Waals surface area contributed by atoms with Gasteiger partial charge in [-0.1, -0.05) is 60.7 Å². The fourth-order valence-corrected chi connectivity index (χ4v) is 4.18. The predicted molar refractivity (Wildman–Crippen MR) is 126 cm³/mol. The number of rotatable bonds is 8. The zero-order valence-electron chi connectivity index (χ0n) is 18.8. The van der Waals surface area contributed by atoms with E-state index in [1.807, 2.05) is 61.5 Å². The van der Waals surface area contributed by atoms with Crippen LogP contribution >= 0.6 is 0 Å². The quantitative estimate of drug-likeness (QED) is 0.570. The van der Waals surface area contributed by atoms with Crippen LogP contribution in [-0.2, 0) is 16.1 Å². The molecule has 1 N–H and O–H groups in total. The van der Waals surface area contributed by atoms with Gasteiger partial charge in [-0.3, -0.25) is 14.6 Å². The number of amides is 2. The first-order valence-electron chi connectivity index (χ1n) is 11.3. The number of aryl methyl sites for hydroxylation is 1. The third-order valence-electron chi connectivity index (χ3n) is 5.92. The van der Waals surface area contributed by atoms with Crippen LogP contribution in [0.1, 0.15) is 46.1 Å². The molecule has 1 aliphatic rings. The van der Waals surface area contributed by atoms with Crippen LogP contribution in [0.25, 0.3) is 0 Å². The fourth-order valence-electron chi connectivity index (χ4n) is 4.18. The van der Waals surface area contributed by atoms with Gasteiger partial charge < -0.3 is 15.0 Å². The Hall–Kier alpha value is -3.51. The number of carbonyl (C=O) groups is 2. The number of nitrogens with zero attached hydrogens (tertiary/aromatic N) is 2. The van der Waals surface area contributed by atoms with Crippen LogP contribution in [0, 0.1) is 6.92 Å². The van der Waals surface area contributed by atoms with E-state index in [0.717, 1.165) is 29.5 Å². The van der Waals surface area contributed by atoms with Gasteiger partial charge in [0.15, 0.2) is 0 Å². The molecule has 0 saturated carbocycles. The summed E-state index contributed by atoms with van der Waals surface area (Å²) >= 11 is 0. The summed E-state index contributed by atoms with van der Waals surface area (Å²) in [5.74, 6) is -0.510. The van der Waals surface area contributed by atoms with E-state index in [2.05, 4.69) is 10.3 Å². The summed E-state index contributed by atoms with van der Waals surface area (Å²) in [6.07, 6.45) is 3.30. The number of hydrogen-bond donors (Lipinski definition) is 1. The van der Waals surface area contributed by atoms with E-state index >= 15 is 0 Å². The Labute approximate surface area is 194 Å². The Morgan fingerprint density at radius 3 is 2.52 bits per heavy atom. The lowest BCUT2D eigenvalue weighted by Gasteiger charge is -2.33. The second kappa shape index (κ2) is 10.9. The van der Waals surface area contributed by atoms with E-state index in [1.54, 1.807) is 29.3 Å². The third-order valence-corrected chi connectivity index (χ3v) is 5.92. The molecule has 2 unspecified atom stereocenters. The Bertz CT molecular complexity index is 1070. The molecule has 1 aliphatic heterocycles. The summed E-state index contributed by atoms with van der Waals surface area (Å²) in [5, 5.41) is 3.04. The molecule has 0 aliphatic carbocycles. The van der Waals surface area contributed by atoms with Crippen LogP contribution in [0.3, 0.4) is 0 Å². The Morgan fingerprint density at radius 2 is 1.82 bits per heavy atom. The highest BCUT2D eigenvalue weighted by molar-refractivity contribution is 5.96. The standard InChI is InChI=1S/C27H29N3O3/c1-20-10-5-6-14-23(20)25(26(31)29-18-21-11-3-2-4-12-21)30(19-22-13-9-17-33-22)27(32)24-15-7-8-16-28-24/h2-8,10-12,14-16,22,25H,9,13,17-19H2,1H3,(H,29,31). The normalized spacial score (nSPS) is 16.2.